The van der Waals surface area contributed by atoms with Crippen LogP contribution in [0.4, 0.5) is 5.00 Å². The fourth-order valence-electron chi connectivity index (χ4n) is 3.86. The van der Waals surface area contributed by atoms with Crippen LogP contribution in [0.5, 0.6) is 5.75 Å². The Bertz CT molecular complexity index is 1180. The van der Waals surface area contributed by atoms with E-state index in [-0.39, 0.29) is 30.4 Å². The quantitative estimate of drug-likeness (QED) is 0.477. The predicted octanol–water partition coefficient (Wildman–Crippen LogP) is 5.29. The second-order valence-corrected chi connectivity index (χ2v) is 9.71. The van der Waals surface area contributed by atoms with Gasteiger partial charge in [-0.2, -0.15) is 5.10 Å². The molecule has 1 aromatic carbocycles. The third-order valence-corrected chi connectivity index (χ3v) is 6.72. The number of esters is 1. The molecule has 3 aromatic rings. The van der Waals surface area contributed by atoms with Gasteiger partial charge >= 0.3 is 5.97 Å². The Kier molecular flexibility index (Phi) is 6.83. The minimum Gasteiger partial charge on any atom is -0.471 e. The van der Waals surface area contributed by atoms with Crippen LogP contribution in [0.15, 0.2) is 30.5 Å². The summed E-state index contributed by atoms with van der Waals surface area (Å²) in [5.41, 5.74) is 3.91. The molecule has 0 bridgehead atoms. The third kappa shape index (κ3) is 5.27. The van der Waals surface area contributed by atoms with Gasteiger partial charge in [-0.3, -0.25) is 4.79 Å². The molecule has 8 heteroatoms. The zero-order chi connectivity index (χ0) is 23.5. The van der Waals surface area contributed by atoms with Crippen molar-refractivity contribution in [1.82, 2.24) is 9.78 Å². The molecule has 0 radical (unpaired) electrons. The first-order valence-corrected chi connectivity index (χ1v) is 12.0. The molecule has 0 saturated heterocycles. The smallest absolute Gasteiger partial charge is 0.341 e. The van der Waals surface area contributed by atoms with E-state index in [4.69, 9.17) is 9.47 Å². The Morgan fingerprint density at radius 2 is 1.97 bits per heavy atom. The fraction of sp³-hybridized carbons (Fsp3) is 0.400. The van der Waals surface area contributed by atoms with Crippen molar-refractivity contribution in [3.63, 3.8) is 0 Å². The van der Waals surface area contributed by atoms with Crippen LogP contribution in [0, 0.1) is 13.8 Å². The Morgan fingerprint density at radius 3 is 2.76 bits per heavy atom. The number of nitrogens with one attached hydrogen (secondary N) is 1. The first kappa shape index (κ1) is 23.0. The van der Waals surface area contributed by atoms with Gasteiger partial charge in [-0.15, -0.1) is 11.3 Å². The fourth-order valence-corrected chi connectivity index (χ4v) is 5.14. The monoisotopic (exact) mass is 467 g/mol. The maximum absolute atomic E-state index is 12.9. The van der Waals surface area contributed by atoms with Gasteiger partial charge in [-0.05, 0) is 82.2 Å². The van der Waals surface area contributed by atoms with Gasteiger partial charge in [0, 0.05) is 11.1 Å². The number of amides is 1. The van der Waals surface area contributed by atoms with Gasteiger partial charge in [0.05, 0.1) is 11.7 Å². The molecule has 0 atom stereocenters. The van der Waals surface area contributed by atoms with Crippen molar-refractivity contribution in [2.24, 2.45) is 0 Å². The molecular formula is C25H29N3O4S. The molecule has 0 spiro atoms. The third-order valence-electron chi connectivity index (χ3n) is 5.51. The molecule has 4 rings (SSSR count). The van der Waals surface area contributed by atoms with Gasteiger partial charge in [0.2, 0.25) is 0 Å². The summed E-state index contributed by atoms with van der Waals surface area (Å²) < 4.78 is 12.9. The number of carbonyl (C=O) groups excluding carboxylic acids is 2. The van der Waals surface area contributed by atoms with Crippen LogP contribution in [0.2, 0.25) is 0 Å². The van der Waals surface area contributed by atoms with E-state index in [1.165, 1.54) is 11.3 Å². The molecule has 1 N–H and O–H groups in total. The van der Waals surface area contributed by atoms with Gasteiger partial charge in [0.1, 0.15) is 10.8 Å². The highest BCUT2D eigenvalue weighted by atomic mass is 32.1. The van der Waals surface area contributed by atoms with Crippen LogP contribution in [0.3, 0.4) is 0 Å². The minimum atomic E-state index is -0.382. The van der Waals surface area contributed by atoms with E-state index in [9.17, 15) is 9.59 Å². The molecule has 0 aliphatic heterocycles. The molecular weight excluding hydrogens is 438 g/mol. The average molecular weight is 468 g/mol. The largest absolute Gasteiger partial charge is 0.471 e. The molecule has 33 heavy (non-hydrogen) atoms. The highest BCUT2D eigenvalue weighted by molar-refractivity contribution is 7.17. The van der Waals surface area contributed by atoms with Crippen molar-refractivity contribution in [2.75, 3.05) is 5.32 Å². The zero-order valence-corrected chi connectivity index (χ0v) is 20.3. The maximum Gasteiger partial charge on any atom is 0.341 e. The molecule has 0 saturated carbocycles. The molecule has 0 unspecified atom stereocenters. The van der Waals surface area contributed by atoms with E-state index in [2.05, 4.69) is 10.4 Å². The van der Waals surface area contributed by atoms with Gasteiger partial charge in [-0.25, -0.2) is 9.48 Å². The number of ether oxygens (including phenoxy) is 2. The number of benzene rings is 1. The van der Waals surface area contributed by atoms with E-state index in [1.54, 1.807) is 16.9 Å². The topological polar surface area (TPSA) is 82.5 Å². The van der Waals surface area contributed by atoms with E-state index in [1.807, 2.05) is 45.9 Å². The van der Waals surface area contributed by atoms with Crippen LogP contribution in [-0.4, -0.2) is 27.8 Å². The number of thiophene rings is 1. The summed E-state index contributed by atoms with van der Waals surface area (Å²) >= 11 is 1.47. The summed E-state index contributed by atoms with van der Waals surface area (Å²) in [6, 6.07) is 7.66. The lowest BCUT2D eigenvalue weighted by Crippen LogP contribution is -2.18. The van der Waals surface area contributed by atoms with E-state index in [0.717, 1.165) is 53.0 Å². The number of hydrogen-bond donors (Lipinski definition) is 1. The molecule has 1 aliphatic rings. The minimum absolute atomic E-state index is 0.191. The number of fused-ring (bicyclic) bond motifs is 1. The number of carbonyl (C=O) groups is 2. The Morgan fingerprint density at radius 1 is 1.18 bits per heavy atom. The second-order valence-electron chi connectivity index (χ2n) is 8.61. The maximum atomic E-state index is 12.9. The number of aryl methyl sites for hydroxylation is 3. The normalized spacial score (nSPS) is 13.0. The first-order valence-electron chi connectivity index (χ1n) is 11.2. The summed E-state index contributed by atoms with van der Waals surface area (Å²) in [5.74, 6) is 0.0406. The van der Waals surface area contributed by atoms with Crippen LogP contribution in [0.25, 0.3) is 0 Å². The highest BCUT2D eigenvalue weighted by Gasteiger charge is 2.28. The molecule has 174 valence electrons. The summed E-state index contributed by atoms with van der Waals surface area (Å²) in [6.45, 7) is 7.83. The SMILES string of the molecule is Cc1ccc(C)c(OCn2ccc(C(=O)Nc3sc4c(c3C(=O)OC(C)C)CCCC4)n2)c1. The molecule has 7 nitrogen and oxygen atoms in total. The molecule has 1 aliphatic carbocycles. The zero-order valence-electron chi connectivity index (χ0n) is 19.4. The van der Waals surface area contributed by atoms with Crippen molar-refractivity contribution in [2.45, 2.75) is 66.2 Å². The number of anilines is 1. The number of rotatable bonds is 7. The lowest BCUT2D eigenvalue weighted by atomic mass is 9.95. The number of hydrogen-bond acceptors (Lipinski definition) is 6. The van der Waals surface area contributed by atoms with Crippen LogP contribution in [0.1, 0.15) is 69.1 Å². The summed E-state index contributed by atoms with van der Waals surface area (Å²) in [5, 5.41) is 7.79. The van der Waals surface area contributed by atoms with E-state index < -0.39 is 0 Å². The van der Waals surface area contributed by atoms with Gasteiger partial charge < -0.3 is 14.8 Å². The first-order chi connectivity index (χ1) is 15.8. The summed E-state index contributed by atoms with van der Waals surface area (Å²) in [7, 11) is 0. The van der Waals surface area contributed by atoms with Crippen LogP contribution >= 0.6 is 11.3 Å². The lowest BCUT2D eigenvalue weighted by Gasteiger charge is -2.14. The highest BCUT2D eigenvalue weighted by Crippen LogP contribution is 2.39. The van der Waals surface area contributed by atoms with E-state index >= 15 is 0 Å². The number of aromatic nitrogens is 2. The predicted molar refractivity (Wildman–Crippen MR) is 128 cm³/mol. The van der Waals surface area contributed by atoms with Gasteiger partial charge in [0.25, 0.3) is 5.91 Å². The van der Waals surface area contributed by atoms with Crippen molar-refractivity contribution in [1.29, 1.82) is 0 Å². The summed E-state index contributed by atoms with van der Waals surface area (Å²) in [4.78, 5) is 26.9. The number of nitrogens with zero attached hydrogens (tertiary/aromatic N) is 2. The Labute approximate surface area is 197 Å². The van der Waals surface area contributed by atoms with E-state index in [0.29, 0.717) is 10.6 Å². The molecule has 2 aromatic heterocycles. The standard InChI is InChI=1S/C25H29N3O4S/c1-15(2)32-25(30)22-18-7-5-6-8-21(18)33-24(22)26-23(29)19-11-12-28(27-19)14-31-20-13-16(3)9-10-17(20)4/h9-13,15H,5-8,14H2,1-4H3,(H,26,29). The van der Waals surface area contributed by atoms with Crippen molar-refractivity contribution < 1.29 is 19.1 Å². The van der Waals surface area contributed by atoms with Crippen molar-refractivity contribution in [3.8, 4) is 5.75 Å². The van der Waals surface area contributed by atoms with Crippen molar-refractivity contribution >= 4 is 28.2 Å². The molecule has 1 amide bonds. The van der Waals surface area contributed by atoms with Gasteiger partial charge in [-0.1, -0.05) is 12.1 Å². The molecule has 0 fully saturated rings. The summed E-state index contributed by atoms with van der Waals surface area (Å²) in [6.07, 6.45) is 5.34. The van der Waals surface area contributed by atoms with Crippen LogP contribution in [-0.2, 0) is 24.3 Å². The molecule has 2 heterocycles. The average Bonchev–Trinajstić information content (AvgIpc) is 3.38. The second kappa shape index (κ2) is 9.79. The Hall–Kier alpha value is -3.13. The Balaban J connectivity index is 1.49. The van der Waals surface area contributed by atoms with Crippen molar-refractivity contribution in [3.05, 3.63) is 63.3 Å². The van der Waals surface area contributed by atoms with Crippen LogP contribution < -0.4 is 10.1 Å². The lowest BCUT2D eigenvalue weighted by molar-refractivity contribution is 0.0378. The van der Waals surface area contributed by atoms with Gasteiger partial charge in [0.15, 0.2) is 12.4 Å².